The van der Waals surface area contributed by atoms with Crippen LogP contribution in [0.4, 0.5) is 10.5 Å². The lowest BCUT2D eigenvalue weighted by atomic mass is 10.0. The van der Waals surface area contributed by atoms with Gasteiger partial charge in [-0.3, -0.25) is 9.89 Å². The van der Waals surface area contributed by atoms with Crippen molar-refractivity contribution in [2.24, 2.45) is 0 Å². The number of carbonyl (C=O) groups is 2. The summed E-state index contributed by atoms with van der Waals surface area (Å²) >= 11 is 0. The Morgan fingerprint density at radius 1 is 1.14 bits per heavy atom. The van der Waals surface area contributed by atoms with Crippen molar-refractivity contribution in [3.8, 4) is 16.9 Å². The second kappa shape index (κ2) is 8.92. The van der Waals surface area contributed by atoms with Gasteiger partial charge in [0.25, 0.3) is 5.91 Å². The number of ether oxygens (including phenoxy) is 1. The highest BCUT2D eigenvalue weighted by Gasteiger charge is 2.17. The summed E-state index contributed by atoms with van der Waals surface area (Å²) in [5, 5.41) is 12.2. The zero-order chi connectivity index (χ0) is 20.8. The van der Waals surface area contributed by atoms with Crippen LogP contribution in [0, 0.1) is 0 Å². The molecule has 29 heavy (non-hydrogen) atoms. The summed E-state index contributed by atoms with van der Waals surface area (Å²) in [5.74, 6) is 0.511. The minimum absolute atomic E-state index is 0.210. The normalized spacial score (nSPS) is 10.3. The maximum Gasteiger partial charge on any atom is 0.319 e. The molecule has 0 radical (unpaired) electrons. The first-order valence-electron chi connectivity index (χ1n) is 9.00. The number of H-pyrrole nitrogens is 1. The van der Waals surface area contributed by atoms with Crippen LogP contribution in [0.1, 0.15) is 15.9 Å². The largest absolute Gasteiger partial charge is 0.497 e. The zero-order valence-corrected chi connectivity index (χ0v) is 16.5. The molecule has 0 bridgehead atoms. The molecule has 0 unspecified atom stereocenters. The number of hydrogen-bond donors (Lipinski definition) is 3. The summed E-state index contributed by atoms with van der Waals surface area (Å²) in [4.78, 5) is 26.5. The van der Waals surface area contributed by atoms with E-state index in [9.17, 15) is 9.59 Å². The van der Waals surface area contributed by atoms with E-state index < -0.39 is 6.03 Å². The fraction of sp³-hybridized carbons (Fsp3) is 0.190. The number of nitrogens with one attached hydrogen (secondary N) is 3. The van der Waals surface area contributed by atoms with Crippen LogP contribution in [-0.2, 0) is 6.54 Å². The first kappa shape index (κ1) is 19.9. The van der Waals surface area contributed by atoms with E-state index in [4.69, 9.17) is 4.74 Å². The Labute approximate surface area is 168 Å². The number of hydrogen-bond acceptors (Lipinski definition) is 4. The number of carbonyl (C=O) groups excluding carboxylic acids is 2. The van der Waals surface area contributed by atoms with Crippen LogP contribution in [0.5, 0.6) is 5.75 Å². The number of benzene rings is 2. The number of rotatable bonds is 6. The summed E-state index contributed by atoms with van der Waals surface area (Å²) in [7, 11) is 4.93. The predicted octanol–water partition coefficient (Wildman–Crippen LogP) is 3.11. The predicted molar refractivity (Wildman–Crippen MR) is 111 cm³/mol. The molecular formula is C21H23N5O3. The van der Waals surface area contributed by atoms with Crippen molar-refractivity contribution >= 4 is 17.6 Å². The minimum Gasteiger partial charge on any atom is -0.497 e. The van der Waals surface area contributed by atoms with Crippen molar-refractivity contribution in [2.75, 3.05) is 26.5 Å². The molecule has 0 spiro atoms. The lowest BCUT2D eigenvalue weighted by Gasteiger charge is -2.16. The van der Waals surface area contributed by atoms with Crippen LogP contribution in [-0.4, -0.2) is 48.2 Å². The van der Waals surface area contributed by atoms with Gasteiger partial charge in [-0.25, -0.2) is 4.79 Å². The molecule has 0 fully saturated rings. The molecule has 8 nitrogen and oxygen atoms in total. The molecule has 3 rings (SSSR count). The number of methoxy groups -OCH3 is 1. The molecule has 3 aromatic rings. The van der Waals surface area contributed by atoms with E-state index >= 15 is 0 Å². The molecule has 1 heterocycles. The standard InChI is InChI=1S/C21H23N5O3/c1-26(2)20(27)18-10-15(16-12-23-24-13-16)7-8-19(18)25-21(28)22-11-14-5-4-6-17(9-14)29-3/h4-10,12-13H,11H2,1-3H3,(H,23,24)(H2,22,25,28). The fourth-order valence-electron chi connectivity index (χ4n) is 2.79. The molecule has 2 aromatic carbocycles. The average molecular weight is 393 g/mol. The summed E-state index contributed by atoms with van der Waals surface area (Å²) in [6.45, 7) is 0.326. The summed E-state index contributed by atoms with van der Waals surface area (Å²) in [6.07, 6.45) is 3.42. The number of anilines is 1. The molecule has 0 saturated carbocycles. The van der Waals surface area contributed by atoms with Crippen LogP contribution in [0.15, 0.2) is 54.9 Å². The van der Waals surface area contributed by atoms with Gasteiger partial charge in [0.15, 0.2) is 0 Å². The lowest BCUT2D eigenvalue weighted by Crippen LogP contribution is -2.30. The van der Waals surface area contributed by atoms with Crippen molar-refractivity contribution in [3.63, 3.8) is 0 Å². The third-order valence-corrected chi connectivity index (χ3v) is 4.32. The van der Waals surface area contributed by atoms with Gasteiger partial charge in [0.05, 0.1) is 24.6 Å². The molecule has 0 aliphatic carbocycles. The second-order valence-electron chi connectivity index (χ2n) is 6.61. The maximum absolute atomic E-state index is 12.6. The molecule has 0 aliphatic heterocycles. The number of urea groups is 1. The summed E-state index contributed by atoms with van der Waals surface area (Å²) in [5.41, 5.74) is 3.40. The van der Waals surface area contributed by atoms with E-state index in [1.54, 1.807) is 45.7 Å². The van der Waals surface area contributed by atoms with Crippen LogP contribution < -0.4 is 15.4 Å². The topological polar surface area (TPSA) is 99.3 Å². The molecule has 0 aliphatic rings. The highest BCUT2D eigenvalue weighted by Crippen LogP contribution is 2.25. The molecule has 0 atom stereocenters. The Balaban J connectivity index is 1.76. The van der Waals surface area contributed by atoms with E-state index in [0.717, 1.165) is 22.4 Å². The smallest absolute Gasteiger partial charge is 0.319 e. The fourth-order valence-corrected chi connectivity index (χ4v) is 2.79. The third kappa shape index (κ3) is 4.92. The van der Waals surface area contributed by atoms with Gasteiger partial charge in [-0.2, -0.15) is 5.10 Å². The molecular weight excluding hydrogens is 370 g/mol. The highest BCUT2D eigenvalue weighted by atomic mass is 16.5. The first-order chi connectivity index (χ1) is 14.0. The Morgan fingerprint density at radius 3 is 2.66 bits per heavy atom. The zero-order valence-electron chi connectivity index (χ0n) is 16.5. The maximum atomic E-state index is 12.6. The number of aromatic amines is 1. The third-order valence-electron chi connectivity index (χ3n) is 4.32. The average Bonchev–Trinajstić information content (AvgIpc) is 3.27. The molecule has 1 aromatic heterocycles. The highest BCUT2D eigenvalue weighted by molar-refractivity contribution is 6.04. The van der Waals surface area contributed by atoms with Gasteiger partial charge in [-0.15, -0.1) is 0 Å². The Morgan fingerprint density at radius 2 is 1.97 bits per heavy atom. The van der Waals surface area contributed by atoms with Crippen molar-refractivity contribution < 1.29 is 14.3 Å². The van der Waals surface area contributed by atoms with Crippen molar-refractivity contribution in [3.05, 3.63) is 66.0 Å². The van der Waals surface area contributed by atoms with Crippen LogP contribution in [0.2, 0.25) is 0 Å². The van der Waals surface area contributed by atoms with Crippen molar-refractivity contribution in [1.82, 2.24) is 20.4 Å². The van der Waals surface area contributed by atoms with Gasteiger partial charge in [0.1, 0.15) is 5.75 Å². The first-order valence-corrected chi connectivity index (χ1v) is 9.00. The summed E-state index contributed by atoms with van der Waals surface area (Å²) < 4.78 is 5.19. The second-order valence-corrected chi connectivity index (χ2v) is 6.61. The van der Waals surface area contributed by atoms with Gasteiger partial charge >= 0.3 is 6.03 Å². The van der Waals surface area contributed by atoms with Gasteiger partial charge in [0.2, 0.25) is 0 Å². The molecule has 3 N–H and O–H groups in total. The van der Waals surface area contributed by atoms with Crippen molar-refractivity contribution in [2.45, 2.75) is 6.54 Å². The van der Waals surface area contributed by atoms with E-state index in [-0.39, 0.29) is 5.91 Å². The lowest BCUT2D eigenvalue weighted by molar-refractivity contribution is 0.0828. The van der Waals surface area contributed by atoms with E-state index in [2.05, 4.69) is 20.8 Å². The molecule has 3 amide bonds. The van der Waals surface area contributed by atoms with Gasteiger partial charge in [-0.1, -0.05) is 18.2 Å². The van der Waals surface area contributed by atoms with E-state index in [1.807, 2.05) is 30.3 Å². The Kier molecular flexibility index (Phi) is 6.13. The van der Waals surface area contributed by atoms with E-state index in [0.29, 0.717) is 17.8 Å². The molecule has 0 saturated heterocycles. The Bertz CT molecular complexity index is 999. The van der Waals surface area contributed by atoms with Gasteiger partial charge in [-0.05, 0) is 35.4 Å². The number of nitrogens with zero attached hydrogens (tertiary/aromatic N) is 2. The monoisotopic (exact) mass is 393 g/mol. The Hall–Kier alpha value is -3.81. The van der Waals surface area contributed by atoms with Crippen molar-refractivity contribution in [1.29, 1.82) is 0 Å². The van der Waals surface area contributed by atoms with Gasteiger partial charge in [0, 0.05) is 32.4 Å². The van der Waals surface area contributed by atoms with Gasteiger partial charge < -0.3 is 20.3 Å². The van der Waals surface area contributed by atoms with Crippen LogP contribution >= 0.6 is 0 Å². The van der Waals surface area contributed by atoms with E-state index in [1.165, 1.54) is 4.90 Å². The molecule has 8 heteroatoms. The quantitative estimate of drug-likeness (QED) is 0.599. The van der Waals surface area contributed by atoms with Crippen LogP contribution in [0.25, 0.3) is 11.1 Å². The SMILES string of the molecule is COc1cccc(CNC(=O)Nc2ccc(-c3cn[nH]c3)cc2C(=O)N(C)C)c1. The number of amides is 3. The minimum atomic E-state index is -0.406. The van der Waals surface area contributed by atoms with Crippen LogP contribution in [0.3, 0.4) is 0 Å². The summed E-state index contributed by atoms with van der Waals surface area (Å²) in [6, 6.07) is 12.3. The number of aromatic nitrogens is 2. The molecule has 150 valence electrons.